The van der Waals surface area contributed by atoms with Crippen LogP contribution in [0.2, 0.25) is 5.02 Å². The highest BCUT2D eigenvalue weighted by Gasteiger charge is 2.35. The second-order valence-corrected chi connectivity index (χ2v) is 8.86. The summed E-state index contributed by atoms with van der Waals surface area (Å²) in [5.74, 6) is -0.479. The second-order valence-electron chi connectivity index (χ2n) is 6.13. The smallest absolute Gasteiger partial charge is 0.240 e. The third-order valence-corrected chi connectivity index (χ3v) is 6.94. The molecule has 1 amide bonds. The maximum absolute atomic E-state index is 12.7. The van der Waals surface area contributed by atoms with E-state index in [4.69, 9.17) is 11.6 Å². The van der Waals surface area contributed by atoms with Gasteiger partial charge in [-0.3, -0.25) is 4.79 Å². The number of carbonyl (C=O) groups is 1. The van der Waals surface area contributed by atoms with E-state index in [2.05, 4.69) is 0 Å². The molecule has 1 saturated heterocycles. The van der Waals surface area contributed by atoms with Gasteiger partial charge in [0.2, 0.25) is 5.91 Å². The molecule has 1 heterocycles. The van der Waals surface area contributed by atoms with E-state index in [1.54, 1.807) is 29.2 Å². The Kier molecular flexibility index (Phi) is 6.09. The molecule has 0 saturated carbocycles. The van der Waals surface area contributed by atoms with Gasteiger partial charge in [0, 0.05) is 17.6 Å². The first-order valence-electron chi connectivity index (χ1n) is 8.12. The Balaban J connectivity index is 2.15. The summed E-state index contributed by atoms with van der Waals surface area (Å²) in [4.78, 5) is 14.5. The molecule has 0 N–H and O–H groups in total. The maximum Gasteiger partial charge on any atom is 0.240 e. The van der Waals surface area contributed by atoms with Crippen molar-refractivity contribution in [3.05, 3.63) is 34.9 Å². The van der Waals surface area contributed by atoms with Crippen LogP contribution in [0.5, 0.6) is 0 Å². The Morgan fingerprint density at radius 3 is 2.70 bits per heavy atom. The Morgan fingerprint density at radius 2 is 2.04 bits per heavy atom. The lowest BCUT2D eigenvalue weighted by Gasteiger charge is -2.36. The fourth-order valence-corrected chi connectivity index (χ4v) is 4.72. The van der Waals surface area contributed by atoms with Crippen molar-refractivity contribution in [3.63, 3.8) is 0 Å². The second kappa shape index (κ2) is 7.67. The molecule has 128 valence electrons. The van der Waals surface area contributed by atoms with Crippen molar-refractivity contribution in [1.29, 1.82) is 0 Å². The first-order valence-corrected chi connectivity index (χ1v) is 10.2. The average molecular weight is 358 g/mol. The fourth-order valence-electron chi connectivity index (χ4n) is 3.06. The minimum absolute atomic E-state index is 0.161. The minimum atomic E-state index is -3.59. The summed E-state index contributed by atoms with van der Waals surface area (Å²) in [5.41, 5.74) is 0.541. The summed E-state index contributed by atoms with van der Waals surface area (Å²) >= 11 is 6.05. The molecule has 4 nitrogen and oxygen atoms in total. The summed E-state index contributed by atoms with van der Waals surface area (Å²) in [6, 6.07) is 7.02. The summed E-state index contributed by atoms with van der Waals surface area (Å²) in [5, 5.41) is -0.619. The number of hydrogen-bond acceptors (Lipinski definition) is 3. The summed E-state index contributed by atoms with van der Waals surface area (Å²) in [6.07, 6.45) is 3.87. The molecule has 1 aromatic carbocycles. The van der Waals surface area contributed by atoms with Crippen LogP contribution < -0.4 is 0 Å². The molecule has 2 atom stereocenters. The third-order valence-electron chi connectivity index (χ3n) is 4.58. The van der Waals surface area contributed by atoms with E-state index >= 15 is 0 Å². The summed E-state index contributed by atoms with van der Waals surface area (Å²) in [7, 11) is -3.59. The lowest BCUT2D eigenvalue weighted by atomic mass is 10.00. The number of amides is 1. The number of halogens is 1. The highest BCUT2D eigenvalue weighted by molar-refractivity contribution is 7.92. The number of carbonyl (C=O) groups excluding carboxylic acids is 1. The molecule has 0 aliphatic carbocycles. The number of nitrogens with zero attached hydrogens (tertiary/aromatic N) is 1. The van der Waals surface area contributed by atoms with E-state index in [0.717, 1.165) is 25.7 Å². The molecule has 23 heavy (non-hydrogen) atoms. The molecule has 2 unspecified atom stereocenters. The number of likely N-dealkylation sites (tertiary alicyclic amines) is 1. The van der Waals surface area contributed by atoms with E-state index in [-0.39, 0.29) is 17.7 Å². The Hall–Kier alpha value is -1.07. The highest BCUT2D eigenvalue weighted by Crippen LogP contribution is 2.24. The van der Waals surface area contributed by atoms with Crippen molar-refractivity contribution < 1.29 is 13.2 Å². The van der Waals surface area contributed by atoms with Crippen LogP contribution in [0.15, 0.2) is 24.3 Å². The Morgan fingerprint density at radius 1 is 1.35 bits per heavy atom. The number of piperidine rings is 1. The van der Waals surface area contributed by atoms with Gasteiger partial charge < -0.3 is 4.90 Å². The van der Waals surface area contributed by atoms with E-state index in [9.17, 15) is 13.2 Å². The lowest BCUT2D eigenvalue weighted by Crippen LogP contribution is -2.49. The van der Waals surface area contributed by atoms with Crippen molar-refractivity contribution in [2.24, 2.45) is 0 Å². The summed E-state index contributed by atoms with van der Waals surface area (Å²) in [6.45, 7) is 4.19. The average Bonchev–Trinajstić information content (AvgIpc) is 2.55. The quantitative estimate of drug-likeness (QED) is 0.811. The van der Waals surface area contributed by atoms with Crippen molar-refractivity contribution in [2.75, 3.05) is 6.54 Å². The summed E-state index contributed by atoms with van der Waals surface area (Å²) < 4.78 is 25.3. The molecule has 6 heteroatoms. The number of hydrogen-bond donors (Lipinski definition) is 0. The standard InChI is InChI=1S/C17H24ClNO3S/c1-3-15-9-6-7-11-19(15)17(20)13(2)23(21,22)12-14-8-4-5-10-16(14)18/h4-5,8,10,13,15H,3,6-7,9,11-12H2,1-2H3. The van der Waals surface area contributed by atoms with Crippen LogP contribution >= 0.6 is 11.6 Å². The third kappa shape index (κ3) is 4.27. The first-order chi connectivity index (χ1) is 10.9. The maximum atomic E-state index is 12.7. The van der Waals surface area contributed by atoms with Gasteiger partial charge in [0.15, 0.2) is 9.84 Å². The van der Waals surface area contributed by atoms with Crippen molar-refractivity contribution >= 4 is 27.3 Å². The number of rotatable bonds is 5. The van der Waals surface area contributed by atoms with E-state index in [0.29, 0.717) is 17.1 Å². The Labute approximate surface area is 143 Å². The van der Waals surface area contributed by atoms with Gasteiger partial charge in [-0.25, -0.2) is 8.42 Å². The molecule has 2 rings (SSSR count). The zero-order valence-corrected chi connectivity index (χ0v) is 15.2. The molecule has 0 spiro atoms. The molecule has 0 aromatic heterocycles. The molecule has 0 radical (unpaired) electrons. The molecule has 1 aliphatic heterocycles. The van der Waals surface area contributed by atoms with Gasteiger partial charge in [-0.2, -0.15) is 0 Å². The normalized spacial score (nSPS) is 20.3. The van der Waals surface area contributed by atoms with Crippen LogP contribution in [-0.2, 0) is 20.4 Å². The van der Waals surface area contributed by atoms with Crippen LogP contribution in [0.1, 0.15) is 45.1 Å². The Bertz CT molecular complexity index is 660. The lowest BCUT2D eigenvalue weighted by molar-refractivity contribution is -0.134. The van der Waals surface area contributed by atoms with Gasteiger partial charge in [-0.1, -0.05) is 36.7 Å². The fraction of sp³-hybridized carbons (Fsp3) is 0.588. The van der Waals surface area contributed by atoms with Crippen LogP contribution in [0.4, 0.5) is 0 Å². The molecular weight excluding hydrogens is 334 g/mol. The van der Waals surface area contributed by atoms with E-state index in [1.807, 2.05) is 6.92 Å². The molecular formula is C17H24ClNO3S. The predicted molar refractivity (Wildman–Crippen MR) is 93.2 cm³/mol. The zero-order chi connectivity index (χ0) is 17.0. The van der Waals surface area contributed by atoms with E-state index in [1.165, 1.54) is 6.92 Å². The van der Waals surface area contributed by atoms with Crippen LogP contribution in [0, 0.1) is 0 Å². The van der Waals surface area contributed by atoms with Gasteiger partial charge in [0.1, 0.15) is 5.25 Å². The minimum Gasteiger partial charge on any atom is -0.339 e. The zero-order valence-electron chi connectivity index (χ0n) is 13.7. The SMILES string of the molecule is CCC1CCCCN1C(=O)C(C)S(=O)(=O)Cc1ccccc1Cl. The van der Waals surface area contributed by atoms with Gasteiger partial charge in [0.25, 0.3) is 0 Å². The van der Waals surface area contributed by atoms with E-state index < -0.39 is 15.1 Å². The van der Waals surface area contributed by atoms with Crippen LogP contribution in [-0.4, -0.2) is 37.1 Å². The van der Waals surface area contributed by atoms with Crippen molar-refractivity contribution in [1.82, 2.24) is 4.90 Å². The van der Waals surface area contributed by atoms with Gasteiger partial charge in [-0.15, -0.1) is 0 Å². The van der Waals surface area contributed by atoms with Gasteiger partial charge in [0.05, 0.1) is 5.75 Å². The van der Waals surface area contributed by atoms with Crippen LogP contribution in [0.25, 0.3) is 0 Å². The highest BCUT2D eigenvalue weighted by atomic mass is 35.5. The molecule has 1 fully saturated rings. The van der Waals surface area contributed by atoms with Crippen LogP contribution in [0.3, 0.4) is 0 Å². The number of sulfone groups is 1. The number of benzene rings is 1. The molecule has 1 aliphatic rings. The predicted octanol–water partition coefficient (Wildman–Crippen LogP) is 3.43. The van der Waals surface area contributed by atoms with Crippen molar-refractivity contribution in [3.8, 4) is 0 Å². The topological polar surface area (TPSA) is 54.5 Å². The van der Waals surface area contributed by atoms with Gasteiger partial charge in [-0.05, 0) is 44.2 Å². The molecule has 0 bridgehead atoms. The molecule has 1 aromatic rings. The van der Waals surface area contributed by atoms with Crippen molar-refractivity contribution in [2.45, 2.75) is 56.6 Å². The largest absolute Gasteiger partial charge is 0.339 e. The monoisotopic (exact) mass is 357 g/mol. The van der Waals surface area contributed by atoms with Gasteiger partial charge >= 0.3 is 0 Å². The first kappa shape index (κ1) is 18.3.